The topological polar surface area (TPSA) is 78.9 Å². The molecule has 0 aromatic rings. The van der Waals surface area contributed by atoms with Gasteiger partial charge in [0.1, 0.15) is 13.2 Å². The van der Waals surface area contributed by atoms with Gasteiger partial charge in [-0.1, -0.05) is 273 Å². The van der Waals surface area contributed by atoms with E-state index < -0.39 is 6.10 Å². The van der Waals surface area contributed by atoms with Crippen LogP contribution in [0.5, 0.6) is 0 Å². The molecule has 0 radical (unpaired) electrons. The van der Waals surface area contributed by atoms with E-state index in [1.54, 1.807) is 0 Å². The van der Waals surface area contributed by atoms with E-state index in [1.807, 2.05) is 18.2 Å². The first-order chi connectivity index (χ1) is 34.0. The second-order valence-electron chi connectivity index (χ2n) is 19.3. The van der Waals surface area contributed by atoms with Crippen molar-refractivity contribution in [3.8, 4) is 0 Å². The third-order valence-corrected chi connectivity index (χ3v) is 12.5. The van der Waals surface area contributed by atoms with E-state index >= 15 is 0 Å². The van der Waals surface area contributed by atoms with Crippen molar-refractivity contribution >= 4 is 17.9 Å². The number of carbonyl (C=O) groups is 3. The number of allylic oxidation sites excluding steroid dienone is 14. The number of hydrogen-bond donors (Lipinski definition) is 0. The summed E-state index contributed by atoms with van der Waals surface area (Å²) in [6.45, 7) is 6.46. The van der Waals surface area contributed by atoms with Gasteiger partial charge in [-0.15, -0.1) is 0 Å². The van der Waals surface area contributed by atoms with Crippen molar-refractivity contribution in [2.75, 3.05) is 13.2 Å². The highest BCUT2D eigenvalue weighted by Crippen LogP contribution is 2.16. The summed E-state index contributed by atoms with van der Waals surface area (Å²) in [5.41, 5.74) is 0. The molecule has 0 aliphatic rings. The monoisotopic (exact) mass is 961 g/mol. The van der Waals surface area contributed by atoms with Crippen molar-refractivity contribution in [3.05, 3.63) is 85.1 Å². The number of hydrogen-bond acceptors (Lipinski definition) is 6. The molecule has 69 heavy (non-hydrogen) atoms. The van der Waals surface area contributed by atoms with Crippen LogP contribution in [0, 0.1) is 0 Å². The molecule has 0 heterocycles. The summed E-state index contributed by atoms with van der Waals surface area (Å²) >= 11 is 0. The lowest BCUT2D eigenvalue weighted by molar-refractivity contribution is -0.167. The van der Waals surface area contributed by atoms with Crippen molar-refractivity contribution < 1.29 is 28.6 Å². The van der Waals surface area contributed by atoms with Gasteiger partial charge in [0.05, 0.1) is 0 Å². The van der Waals surface area contributed by atoms with Crippen LogP contribution in [0.1, 0.15) is 278 Å². The molecule has 0 rings (SSSR count). The van der Waals surface area contributed by atoms with Gasteiger partial charge in [0, 0.05) is 19.3 Å². The van der Waals surface area contributed by atoms with Crippen LogP contribution in [0.4, 0.5) is 0 Å². The molecule has 0 aromatic carbocycles. The molecule has 0 aromatic heterocycles. The molecular formula is C63H108O6. The predicted octanol–water partition coefficient (Wildman–Crippen LogP) is 19.5. The van der Waals surface area contributed by atoms with Crippen molar-refractivity contribution in [3.63, 3.8) is 0 Å². The average Bonchev–Trinajstić information content (AvgIpc) is 3.35. The first kappa shape index (κ1) is 65.6. The Hall–Kier alpha value is -3.41. The van der Waals surface area contributed by atoms with Gasteiger partial charge in [-0.2, -0.15) is 0 Å². The van der Waals surface area contributed by atoms with Gasteiger partial charge in [-0.25, -0.2) is 0 Å². The number of esters is 3. The summed E-state index contributed by atoms with van der Waals surface area (Å²) in [7, 11) is 0. The Bertz CT molecular complexity index is 1330. The normalized spacial score (nSPS) is 12.7. The van der Waals surface area contributed by atoms with Crippen molar-refractivity contribution in [1.82, 2.24) is 0 Å². The fourth-order valence-electron chi connectivity index (χ4n) is 8.12. The largest absolute Gasteiger partial charge is 0.462 e. The maximum Gasteiger partial charge on any atom is 0.306 e. The second kappa shape index (κ2) is 57.2. The smallest absolute Gasteiger partial charge is 0.306 e. The van der Waals surface area contributed by atoms with Gasteiger partial charge in [0.15, 0.2) is 6.10 Å². The Labute approximate surface area is 426 Å². The molecule has 1 atom stereocenters. The zero-order chi connectivity index (χ0) is 50.0. The van der Waals surface area contributed by atoms with E-state index in [9.17, 15) is 14.4 Å². The van der Waals surface area contributed by atoms with Gasteiger partial charge in [0.25, 0.3) is 0 Å². The van der Waals surface area contributed by atoms with E-state index in [0.717, 1.165) is 83.5 Å². The molecule has 0 amide bonds. The van der Waals surface area contributed by atoms with Crippen LogP contribution in [0.25, 0.3) is 0 Å². The molecule has 6 heteroatoms. The highest BCUT2D eigenvalue weighted by atomic mass is 16.6. The molecule has 0 fully saturated rings. The Morgan fingerprint density at radius 2 is 0.638 bits per heavy atom. The third kappa shape index (κ3) is 55.4. The molecule has 0 aliphatic heterocycles. The zero-order valence-corrected chi connectivity index (χ0v) is 45.3. The number of ether oxygens (including phenoxy) is 3. The van der Waals surface area contributed by atoms with Crippen LogP contribution in [0.15, 0.2) is 85.1 Å². The van der Waals surface area contributed by atoms with Gasteiger partial charge in [-0.05, 0) is 70.6 Å². The Kier molecular flexibility index (Phi) is 54.3. The fraction of sp³-hybridized carbons (Fsp3) is 0.730. The van der Waals surface area contributed by atoms with Crippen molar-refractivity contribution in [1.29, 1.82) is 0 Å². The first-order valence-corrected chi connectivity index (χ1v) is 29.1. The quantitative estimate of drug-likeness (QED) is 0.0199. The highest BCUT2D eigenvalue weighted by molar-refractivity contribution is 5.71. The van der Waals surface area contributed by atoms with Crippen LogP contribution in [0.3, 0.4) is 0 Å². The van der Waals surface area contributed by atoms with E-state index in [1.165, 1.54) is 148 Å². The minimum absolute atomic E-state index is 0.102. The van der Waals surface area contributed by atoms with E-state index in [4.69, 9.17) is 14.2 Å². The van der Waals surface area contributed by atoms with E-state index in [2.05, 4.69) is 87.6 Å². The summed E-state index contributed by atoms with van der Waals surface area (Å²) in [6, 6.07) is 0. The Morgan fingerprint density at radius 3 is 1.06 bits per heavy atom. The van der Waals surface area contributed by atoms with Crippen LogP contribution in [0.2, 0.25) is 0 Å². The molecule has 1 unspecified atom stereocenters. The van der Waals surface area contributed by atoms with Crippen molar-refractivity contribution in [2.45, 2.75) is 284 Å². The molecular weight excluding hydrogens is 853 g/mol. The highest BCUT2D eigenvalue weighted by Gasteiger charge is 2.19. The van der Waals surface area contributed by atoms with E-state index in [0.29, 0.717) is 19.3 Å². The first-order valence-electron chi connectivity index (χ1n) is 29.1. The van der Waals surface area contributed by atoms with Crippen LogP contribution >= 0.6 is 0 Å². The van der Waals surface area contributed by atoms with Crippen LogP contribution < -0.4 is 0 Å². The maximum atomic E-state index is 12.8. The maximum absolute atomic E-state index is 12.8. The fourth-order valence-corrected chi connectivity index (χ4v) is 8.12. The zero-order valence-electron chi connectivity index (χ0n) is 45.3. The lowest BCUT2D eigenvalue weighted by atomic mass is 10.0. The lowest BCUT2D eigenvalue weighted by Crippen LogP contribution is -2.30. The molecule has 0 saturated carbocycles. The van der Waals surface area contributed by atoms with Gasteiger partial charge in [0.2, 0.25) is 0 Å². The Morgan fingerprint density at radius 1 is 0.319 bits per heavy atom. The number of unbranched alkanes of at least 4 members (excludes halogenated alkanes) is 30. The van der Waals surface area contributed by atoms with Crippen LogP contribution in [-0.2, 0) is 28.6 Å². The van der Waals surface area contributed by atoms with Gasteiger partial charge in [-0.3, -0.25) is 14.4 Å². The summed E-state index contributed by atoms with van der Waals surface area (Å²) in [4.78, 5) is 38.1. The van der Waals surface area contributed by atoms with Crippen molar-refractivity contribution in [2.24, 2.45) is 0 Å². The molecule has 0 saturated heterocycles. The SMILES string of the molecule is CC\C=C/C=C\C=C/C=C\CCCCCCCC(=O)OCC(COC(=O)CCCCCCCCCCCCCCCCCCCCC)OC(=O)CCC/C=C\C/C=C\C/C=C\CCCCCCCC. The molecule has 0 bridgehead atoms. The standard InChI is InChI=1S/C63H108O6/c1-4-7-10-13-16-19-22-25-28-30-31-33-35-38-41-44-47-50-53-56-62(65)68-59-60(58-67-61(64)55-52-49-46-43-40-37-34-27-24-21-18-15-12-9-6-3)69-63(66)57-54-51-48-45-42-39-36-32-29-26-23-20-17-14-11-8-5-2/h9,12,15,18,21,24,26-27,29,34,36,39,45,48,60H,4-8,10-11,13-14,16-17,19-20,22-23,25,28,30-33,35,37-38,40-44,46-47,49-59H2,1-3H3/b12-9-,18-15-,24-21-,29-26-,34-27-,39-36-,48-45-. The van der Waals surface area contributed by atoms with Crippen LogP contribution in [-0.4, -0.2) is 37.2 Å². The van der Waals surface area contributed by atoms with Gasteiger partial charge < -0.3 is 14.2 Å². The predicted molar refractivity (Wildman–Crippen MR) is 297 cm³/mol. The molecule has 6 nitrogen and oxygen atoms in total. The lowest BCUT2D eigenvalue weighted by Gasteiger charge is -2.18. The molecule has 396 valence electrons. The average molecular weight is 962 g/mol. The summed E-state index contributed by atoms with van der Waals surface area (Å²) in [6.07, 6.45) is 74.4. The number of carbonyl (C=O) groups excluding carboxylic acids is 3. The molecule has 0 N–H and O–H groups in total. The molecule has 0 aliphatic carbocycles. The summed E-state index contributed by atoms with van der Waals surface area (Å²) in [5, 5.41) is 0. The van der Waals surface area contributed by atoms with E-state index in [-0.39, 0.29) is 37.5 Å². The molecule has 0 spiro atoms. The third-order valence-electron chi connectivity index (χ3n) is 12.5. The minimum Gasteiger partial charge on any atom is -0.462 e. The Balaban J connectivity index is 4.45. The number of rotatable bonds is 52. The minimum atomic E-state index is -0.812. The summed E-state index contributed by atoms with van der Waals surface area (Å²) < 4.78 is 16.8. The van der Waals surface area contributed by atoms with Gasteiger partial charge >= 0.3 is 17.9 Å². The summed E-state index contributed by atoms with van der Waals surface area (Å²) in [5.74, 6) is -0.972. The second-order valence-corrected chi connectivity index (χ2v) is 19.3.